The van der Waals surface area contributed by atoms with Crippen molar-refractivity contribution in [1.82, 2.24) is 19.8 Å². The number of carbonyl (C=O) groups excluding carboxylic acids is 1. The third kappa shape index (κ3) is 9.70. The highest BCUT2D eigenvalue weighted by molar-refractivity contribution is 6.34. The lowest BCUT2D eigenvalue weighted by Gasteiger charge is -2.30. The number of H-pyrrole nitrogens is 1. The number of halogens is 1. The molecule has 1 saturated carbocycles. The third-order valence-electron chi connectivity index (χ3n) is 8.45. The van der Waals surface area contributed by atoms with Crippen LogP contribution in [0.5, 0.6) is 0 Å². The van der Waals surface area contributed by atoms with E-state index >= 15 is 0 Å². The minimum atomic E-state index is -0.178. The molecule has 9 heteroatoms. The Bertz CT molecular complexity index is 1260. The van der Waals surface area contributed by atoms with Crippen molar-refractivity contribution in [1.29, 1.82) is 0 Å². The van der Waals surface area contributed by atoms with Crippen molar-refractivity contribution in [3.63, 3.8) is 0 Å². The molecule has 2 N–H and O–H groups in total. The maximum Gasteiger partial charge on any atom is 0.311 e. The number of hydrogen-bond donors (Lipinski definition) is 2. The molecule has 4 rings (SSSR count). The van der Waals surface area contributed by atoms with E-state index in [1.807, 2.05) is 24.3 Å². The Morgan fingerprint density at radius 2 is 1.65 bits per heavy atom. The molecule has 0 amide bonds. The molecule has 0 aliphatic heterocycles. The van der Waals surface area contributed by atoms with Crippen LogP contribution in [0, 0.1) is 5.92 Å². The van der Waals surface area contributed by atoms with E-state index < -0.39 is 0 Å². The summed E-state index contributed by atoms with van der Waals surface area (Å²) in [5.41, 5.74) is 3.24. The Hall–Kier alpha value is -2.58. The summed E-state index contributed by atoms with van der Waals surface area (Å²) < 4.78 is 13.5. The van der Waals surface area contributed by atoms with E-state index in [1.54, 1.807) is 4.63 Å². The summed E-state index contributed by atoms with van der Waals surface area (Å²) in [6, 6.07) is 7.92. The number of aromatic nitrogens is 4. The van der Waals surface area contributed by atoms with Crippen LogP contribution in [0.2, 0.25) is 5.02 Å². The number of aromatic amines is 1. The molecule has 3 aromatic rings. The summed E-state index contributed by atoms with van der Waals surface area (Å²) in [7, 11) is 0. The van der Waals surface area contributed by atoms with Crippen molar-refractivity contribution in [2.24, 2.45) is 5.92 Å². The molecule has 2 heterocycles. The number of carbonyl (C=O) groups is 1. The van der Waals surface area contributed by atoms with Crippen molar-refractivity contribution < 1.29 is 14.3 Å². The van der Waals surface area contributed by atoms with Crippen molar-refractivity contribution in [3.05, 3.63) is 35.0 Å². The maximum atomic E-state index is 12.9. The van der Waals surface area contributed by atoms with Gasteiger partial charge in [-0.1, -0.05) is 110 Å². The van der Waals surface area contributed by atoms with Crippen molar-refractivity contribution in [2.45, 2.75) is 129 Å². The number of esters is 1. The van der Waals surface area contributed by atoms with E-state index in [0.717, 1.165) is 55.5 Å². The molecular formula is C34H52ClN5O3. The minimum Gasteiger partial charge on any atom is -0.465 e. The highest BCUT2D eigenvalue weighted by Crippen LogP contribution is 2.32. The highest BCUT2D eigenvalue weighted by atomic mass is 35.5. The van der Waals surface area contributed by atoms with E-state index in [0.29, 0.717) is 29.8 Å². The average molecular weight is 614 g/mol. The zero-order valence-corrected chi connectivity index (χ0v) is 27.5. The number of benzene rings is 1. The molecule has 1 aliphatic carbocycles. The van der Waals surface area contributed by atoms with Gasteiger partial charge in [-0.15, -0.1) is 5.10 Å². The predicted molar refractivity (Wildman–Crippen MR) is 175 cm³/mol. The van der Waals surface area contributed by atoms with Gasteiger partial charge in [0.1, 0.15) is 11.8 Å². The minimum absolute atomic E-state index is 0.0940. The van der Waals surface area contributed by atoms with Crippen LogP contribution in [-0.2, 0) is 19.7 Å². The molecule has 1 fully saturated rings. The van der Waals surface area contributed by atoms with Crippen molar-refractivity contribution in [2.75, 3.05) is 18.7 Å². The largest absolute Gasteiger partial charge is 0.465 e. The number of fused-ring (bicyclic) bond motifs is 1. The van der Waals surface area contributed by atoms with Gasteiger partial charge in [0.05, 0.1) is 24.3 Å². The molecule has 0 saturated heterocycles. The van der Waals surface area contributed by atoms with E-state index in [2.05, 4.69) is 48.2 Å². The number of hydrogen-bond acceptors (Lipinski definition) is 6. The monoisotopic (exact) mass is 613 g/mol. The Morgan fingerprint density at radius 3 is 2.30 bits per heavy atom. The Kier molecular flexibility index (Phi) is 12.8. The summed E-state index contributed by atoms with van der Waals surface area (Å²) in [6.07, 6.45) is 16.4. The molecule has 0 radical (unpaired) electrons. The van der Waals surface area contributed by atoms with Gasteiger partial charge in [0, 0.05) is 16.7 Å². The van der Waals surface area contributed by atoms with Gasteiger partial charge in [0.25, 0.3) is 0 Å². The molecule has 43 heavy (non-hydrogen) atoms. The van der Waals surface area contributed by atoms with Gasteiger partial charge in [0.2, 0.25) is 0 Å². The number of anilines is 1. The molecule has 2 atom stereocenters. The Morgan fingerprint density at radius 1 is 1.00 bits per heavy atom. The highest BCUT2D eigenvalue weighted by Gasteiger charge is 2.33. The van der Waals surface area contributed by atoms with E-state index in [9.17, 15) is 4.79 Å². The number of rotatable bonds is 17. The lowest BCUT2D eigenvalue weighted by Crippen LogP contribution is -2.36. The lowest BCUT2D eigenvalue weighted by molar-refractivity contribution is -0.156. The summed E-state index contributed by atoms with van der Waals surface area (Å²) in [4.78, 5) is 17.5. The molecule has 8 nitrogen and oxygen atoms in total. The first-order chi connectivity index (χ1) is 20.8. The van der Waals surface area contributed by atoms with Crippen LogP contribution in [0.15, 0.2) is 24.3 Å². The SMILES string of the molecule is CCCCCCCCCCCCOC(=O)C1CCCCC1OCNc1ccc(-c2nc3c(Cl)c(C(C)(C)C)[nH]n3n2)cc1. The van der Waals surface area contributed by atoms with Crippen LogP contribution >= 0.6 is 11.6 Å². The molecule has 1 aliphatic rings. The summed E-state index contributed by atoms with van der Waals surface area (Å²) in [5.74, 6) is 0.338. The van der Waals surface area contributed by atoms with E-state index in [1.165, 1.54) is 51.4 Å². The smallest absolute Gasteiger partial charge is 0.311 e. The fraction of sp³-hybridized carbons (Fsp3) is 0.676. The Balaban J connectivity index is 1.16. The second kappa shape index (κ2) is 16.5. The first-order valence-electron chi connectivity index (χ1n) is 16.5. The third-order valence-corrected chi connectivity index (χ3v) is 8.81. The Labute approximate surface area is 262 Å². The van der Waals surface area contributed by atoms with Gasteiger partial charge in [-0.05, 0) is 43.5 Å². The van der Waals surface area contributed by atoms with Gasteiger partial charge >= 0.3 is 5.97 Å². The normalized spacial score (nSPS) is 17.4. The maximum absolute atomic E-state index is 12.9. The van der Waals surface area contributed by atoms with Crippen LogP contribution < -0.4 is 5.32 Å². The van der Waals surface area contributed by atoms with Gasteiger partial charge in [-0.2, -0.15) is 4.63 Å². The van der Waals surface area contributed by atoms with Crippen molar-refractivity contribution >= 4 is 28.9 Å². The summed E-state index contributed by atoms with van der Waals surface area (Å²) >= 11 is 6.58. The summed E-state index contributed by atoms with van der Waals surface area (Å²) in [5, 5.41) is 11.8. The topological polar surface area (TPSA) is 93.5 Å². The second-order valence-corrected chi connectivity index (χ2v) is 13.4. The number of nitrogens with one attached hydrogen (secondary N) is 2. The van der Waals surface area contributed by atoms with Crippen LogP contribution in [-0.4, -0.2) is 45.2 Å². The molecule has 238 valence electrons. The fourth-order valence-electron chi connectivity index (χ4n) is 5.82. The second-order valence-electron chi connectivity index (χ2n) is 13.1. The standard InChI is InChI=1S/C34H52ClN5O3/c1-5-6-7-8-9-10-11-12-13-16-23-42-33(41)27-17-14-15-18-28(27)43-24-36-26-21-19-25(20-22-26)31-37-32-29(35)30(34(2,3)4)38-40(32)39-31/h19-22,27-28,36,38H,5-18,23-24H2,1-4H3. The van der Waals surface area contributed by atoms with Crippen LogP contribution in [0.3, 0.4) is 0 Å². The van der Waals surface area contributed by atoms with Crippen LogP contribution in [0.25, 0.3) is 17.0 Å². The van der Waals surface area contributed by atoms with Gasteiger partial charge < -0.3 is 14.8 Å². The first-order valence-corrected chi connectivity index (χ1v) is 16.9. The van der Waals surface area contributed by atoms with E-state index in [-0.39, 0.29) is 23.4 Å². The molecule has 0 bridgehead atoms. The molecular weight excluding hydrogens is 562 g/mol. The van der Waals surface area contributed by atoms with Crippen molar-refractivity contribution in [3.8, 4) is 11.4 Å². The molecule has 2 aromatic heterocycles. The van der Waals surface area contributed by atoms with Crippen LogP contribution in [0.1, 0.15) is 123 Å². The molecule has 2 unspecified atom stereocenters. The zero-order chi connectivity index (χ0) is 30.7. The fourth-order valence-corrected chi connectivity index (χ4v) is 6.27. The molecule has 0 spiro atoms. The quantitative estimate of drug-likeness (QED) is 0.0896. The van der Waals surface area contributed by atoms with Crippen LogP contribution in [0.4, 0.5) is 5.69 Å². The first kappa shape index (κ1) is 33.3. The number of unbranched alkanes of at least 4 members (excludes halogenated alkanes) is 9. The lowest BCUT2D eigenvalue weighted by atomic mass is 9.86. The van der Waals surface area contributed by atoms with Gasteiger partial charge in [-0.25, -0.2) is 4.98 Å². The van der Waals surface area contributed by atoms with Gasteiger partial charge in [-0.3, -0.25) is 9.89 Å². The van der Waals surface area contributed by atoms with Gasteiger partial charge in [0.15, 0.2) is 11.5 Å². The van der Waals surface area contributed by atoms with E-state index in [4.69, 9.17) is 21.1 Å². The summed E-state index contributed by atoms with van der Waals surface area (Å²) in [6.45, 7) is 9.41. The number of ether oxygens (including phenoxy) is 2. The number of nitrogens with zero attached hydrogens (tertiary/aromatic N) is 3. The predicted octanol–water partition coefficient (Wildman–Crippen LogP) is 9.08. The molecule has 1 aromatic carbocycles. The average Bonchev–Trinajstić information content (AvgIpc) is 3.55. The zero-order valence-electron chi connectivity index (χ0n) is 26.7.